The van der Waals surface area contributed by atoms with Crippen molar-refractivity contribution in [2.45, 2.75) is 45.4 Å². The first-order valence-corrected chi connectivity index (χ1v) is 7.76. The van der Waals surface area contributed by atoms with Crippen molar-refractivity contribution in [3.05, 3.63) is 54.1 Å². The molecule has 0 bridgehead atoms. The van der Waals surface area contributed by atoms with Gasteiger partial charge in [-0.05, 0) is 44.9 Å². The lowest BCUT2D eigenvalue weighted by Crippen LogP contribution is -2.58. The fraction of sp³-hybridized carbons (Fsp3) is 0.474. The highest BCUT2D eigenvalue weighted by Gasteiger charge is 2.46. The highest BCUT2D eigenvalue weighted by Crippen LogP contribution is 2.44. The molecule has 3 heteroatoms. The normalized spacial score (nSPS) is 22.8. The van der Waals surface area contributed by atoms with Gasteiger partial charge in [-0.15, -0.1) is 13.2 Å². The van der Waals surface area contributed by atoms with Gasteiger partial charge < -0.3 is 9.84 Å². The van der Waals surface area contributed by atoms with Crippen molar-refractivity contribution in [3.63, 3.8) is 0 Å². The molecular formula is C19H27NO2. The number of benzene rings is 1. The fourth-order valence-corrected chi connectivity index (χ4v) is 3.56. The summed E-state index contributed by atoms with van der Waals surface area (Å²) in [6, 6.07) is 3.94. The van der Waals surface area contributed by atoms with Gasteiger partial charge in [-0.2, -0.15) is 0 Å². The van der Waals surface area contributed by atoms with E-state index in [4.69, 9.17) is 4.74 Å². The minimum absolute atomic E-state index is 0.155. The Hall–Kier alpha value is -1.58. The SMILES string of the molecule is C=CCN(CC=C)C1C(O)c2c(C)cc(C)cc2OC1(C)C. The predicted molar refractivity (Wildman–Crippen MR) is 91.3 cm³/mol. The lowest BCUT2D eigenvalue weighted by molar-refractivity contribution is -0.0764. The molecule has 2 unspecified atom stereocenters. The molecule has 3 nitrogen and oxygen atoms in total. The summed E-state index contributed by atoms with van der Waals surface area (Å²) in [4.78, 5) is 2.16. The Bertz CT molecular complexity index is 567. The Balaban J connectivity index is 2.51. The molecular weight excluding hydrogens is 274 g/mol. The van der Waals surface area contributed by atoms with Crippen LogP contribution in [0.25, 0.3) is 0 Å². The predicted octanol–water partition coefficient (Wildman–Crippen LogP) is 3.55. The van der Waals surface area contributed by atoms with Crippen LogP contribution in [0, 0.1) is 13.8 Å². The van der Waals surface area contributed by atoms with E-state index >= 15 is 0 Å². The van der Waals surface area contributed by atoms with Gasteiger partial charge in [0.05, 0.1) is 6.04 Å². The third-order valence-electron chi connectivity index (χ3n) is 4.29. The summed E-state index contributed by atoms with van der Waals surface area (Å²) in [7, 11) is 0. The standard InChI is InChI=1S/C19H27NO2/c1-7-9-20(10-8-2)18-17(21)16-14(4)11-13(3)12-15(16)22-19(18,5)6/h7-8,11-12,17-18,21H,1-2,9-10H2,3-6H3. The largest absolute Gasteiger partial charge is 0.486 e. The molecule has 0 fully saturated rings. The van der Waals surface area contributed by atoms with E-state index in [1.165, 1.54) is 0 Å². The Kier molecular flexibility index (Phi) is 4.78. The van der Waals surface area contributed by atoms with Crippen molar-refractivity contribution >= 4 is 0 Å². The third-order valence-corrected chi connectivity index (χ3v) is 4.29. The highest BCUT2D eigenvalue weighted by atomic mass is 16.5. The molecule has 120 valence electrons. The zero-order valence-electron chi connectivity index (χ0n) is 14.1. The second kappa shape index (κ2) is 6.27. The van der Waals surface area contributed by atoms with Crippen LogP contribution in [0.4, 0.5) is 0 Å². The summed E-state index contributed by atoms with van der Waals surface area (Å²) >= 11 is 0. The lowest BCUT2D eigenvalue weighted by atomic mass is 9.82. The van der Waals surface area contributed by atoms with E-state index < -0.39 is 11.7 Å². The van der Waals surface area contributed by atoms with E-state index in [0.29, 0.717) is 13.1 Å². The van der Waals surface area contributed by atoms with Gasteiger partial charge in [-0.3, -0.25) is 4.90 Å². The van der Waals surface area contributed by atoms with E-state index in [1.807, 2.05) is 45.9 Å². The minimum atomic E-state index is -0.598. The summed E-state index contributed by atoms with van der Waals surface area (Å²) in [6.07, 6.45) is 3.10. The van der Waals surface area contributed by atoms with Crippen molar-refractivity contribution < 1.29 is 9.84 Å². The van der Waals surface area contributed by atoms with E-state index in [0.717, 1.165) is 22.4 Å². The number of fused-ring (bicyclic) bond motifs is 1. The third kappa shape index (κ3) is 2.96. The summed E-state index contributed by atoms with van der Waals surface area (Å²) in [5.74, 6) is 0.795. The summed E-state index contributed by atoms with van der Waals surface area (Å²) < 4.78 is 6.27. The quantitative estimate of drug-likeness (QED) is 0.844. The molecule has 2 atom stereocenters. The Morgan fingerprint density at radius 3 is 2.36 bits per heavy atom. The zero-order valence-corrected chi connectivity index (χ0v) is 14.1. The molecule has 0 saturated heterocycles. The molecule has 0 radical (unpaired) electrons. The maximum absolute atomic E-state index is 11.1. The van der Waals surface area contributed by atoms with Crippen LogP contribution in [0.5, 0.6) is 5.75 Å². The van der Waals surface area contributed by atoms with Crippen molar-refractivity contribution in [1.82, 2.24) is 4.90 Å². The molecule has 0 saturated carbocycles. The lowest BCUT2D eigenvalue weighted by Gasteiger charge is -2.48. The number of ether oxygens (including phenoxy) is 1. The van der Waals surface area contributed by atoms with E-state index in [9.17, 15) is 5.11 Å². The number of aliphatic hydroxyl groups excluding tert-OH is 1. The smallest absolute Gasteiger partial charge is 0.126 e. The zero-order chi connectivity index (χ0) is 16.5. The molecule has 1 N–H and O–H groups in total. The van der Waals surface area contributed by atoms with Crippen LogP contribution >= 0.6 is 0 Å². The summed E-state index contributed by atoms with van der Waals surface area (Å²) in [5.41, 5.74) is 2.61. The van der Waals surface area contributed by atoms with Gasteiger partial charge in [-0.1, -0.05) is 18.2 Å². The van der Waals surface area contributed by atoms with Crippen LogP contribution in [0.3, 0.4) is 0 Å². The Morgan fingerprint density at radius 1 is 1.23 bits per heavy atom. The molecule has 0 aromatic heterocycles. The van der Waals surface area contributed by atoms with Gasteiger partial charge in [0.15, 0.2) is 0 Å². The van der Waals surface area contributed by atoms with Gasteiger partial charge in [-0.25, -0.2) is 0 Å². The number of nitrogens with zero attached hydrogens (tertiary/aromatic N) is 1. The average Bonchev–Trinajstić information content (AvgIpc) is 2.36. The average molecular weight is 301 g/mol. The monoisotopic (exact) mass is 301 g/mol. The molecule has 1 aliphatic rings. The Morgan fingerprint density at radius 2 is 1.82 bits per heavy atom. The summed E-state index contributed by atoms with van der Waals surface area (Å²) in [6.45, 7) is 17.1. The summed E-state index contributed by atoms with van der Waals surface area (Å²) in [5, 5.41) is 11.1. The van der Waals surface area contributed by atoms with E-state index in [-0.39, 0.29) is 6.04 Å². The number of rotatable bonds is 5. The molecule has 2 rings (SSSR count). The van der Waals surface area contributed by atoms with E-state index in [2.05, 4.69) is 24.1 Å². The molecule has 1 aliphatic heterocycles. The topological polar surface area (TPSA) is 32.7 Å². The van der Waals surface area contributed by atoms with Gasteiger partial charge in [0.2, 0.25) is 0 Å². The molecule has 1 aromatic rings. The first-order chi connectivity index (χ1) is 10.3. The minimum Gasteiger partial charge on any atom is -0.486 e. The molecule has 1 heterocycles. The van der Waals surface area contributed by atoms with Crippen LogP contribution < -0.4 is 4.74 Å². The fourth-order valence-electron chi connectivity index (χ4n) is 3.56. The van der Waals surface area contributed by atoms with Gasteiger partial charge >= 0.3 is 0 Å². The van der Waals surface area contributed by atoms with Crippen molar-refractivity contribution in [3.8, 4) is 5.75 Å². The molecule has 1 aromatic carbocycles. The number of aliphatic hydroxyl groups is 1. The van der Waals surface area contributed by atoms with Crippen LogP contribution in [-0.4, -0.2) is 34.7 Å². The number of hydrogen-bond donors (Lipinski definition) is 1. The first-order valence-electron chi connectivity index (χ1n) is 7.76. The molecule has 22 heavy (non-hydrogen) atoms. The first kappa shape index (κ1) is 16.8. The molecule has 0 spiro atoms. The second-order valence-electron chi connectivity index (χ2n) is 6.62. The van der Waals surface area contributed by atoms with Gasteiger partial charge in [0, 0.05) is 18.7 Å². The number of hydrogen-bond acceptors (Lipinski definition) is 3. The van der Waals surface area contributed by atoms with Crippen molar-refractivity contribution in [1.29, 1.82) is 0 Å². The molecule has 0 amide bonds. The second-order valence-corrected chi connectivity index (χ2v) is 6.62. The highest BCUT2D eigenvalue weighted by molar-refractivity contribution is 5.47. The maximum Gasteiger partial charge on any atom is 0.126 e. The Labute approximate surface area is 133 Å². The maximum atomic E-state index is 11.1. The van der Waals surface area contributed by atoms with Gasteiger partial charge in [0.25, 0.3) is 0 Å². The van der Waals surface area contributed by atoms with E-state index in [1.54, 1.807) is 0 Å². The van der Waals surface area contributed by atoms with Crippen LogP contribution in [0.2, 0.25) is 0 Å². The number of aryl methyl sites for hydroxylation is 2. The molecule has 0 aliphatic carbocycles. The van der Waals surface area contributed by atoms with Crippen molar-refractivity contribution in [2.75, 3.05) is 13.1 Å². The van der Waals surface area contributed by atoms with Gasteiger partial charge in [0.1, 0.15) is 17.5 Å². The van der Waals surface area contributed by atoms with Crippen LogP contribution in [-0.2, 0) is 0 Å². The van der Waals surface area contributed by atoms with Crippen molar-refractivity contribution in [2.24, 2.45) is 0 Å². The van der Waals surface area contributed by atoms with Crippen LogP contribution in [0.1, 0.15) is 36.6 Å². The van der Waals surface area contributed by atoms with Crippen LogP contribution in [0.15, 0.2) is 37.4 Å².